The Morgan fingerprint density at radius 3 is 2.40 bits per heavy atom. The first-order valence-corrected chi connectivity index (χ1v) is 4.60. The Labute approximate surface area is 63.0 Å². The summed E-state index contributed by atoms with van der Waals surface area (Å²) in [6.07, 6.45) is 1.97. The first kappa shape index (κ1) is 10.3. The Kier molecular flexibility index (Phi) is 6.24. The lowest BCUT2D eigenvalue weighted by molar-refractivity contribution is 0.245. The van der Waals surface area contributed by atoms with Crippen LogP contribution in [0.5, 0.6) is 0 Å². The maximum atomic E-state index is 8.32. The molecule has 0 aliphatic heterocycles. The molecule has 3 nitrogen and oxygen atoms in total. The monoisotopic (exact) mass is 166 g/mol. The third kappa shape index (κ3) is 8.31. The van der Waals surface area contributed by atoms with E-state index in [2.05, 4.69) is 18.4 Å². The Balaban J connectivity index is 2.91. The van der Waals surface area contributed by atoms with Crippen LogP contribution in [0, 0.1) is 5.92 Å². The van der Waals surface area contributed by atoms with Gasteiger partial charge in [-0.2, -0.15) is 0 Å². The van der Waals surface area contributed by atoms with Crippen LogP contribution in [0.2, 0.25) is 0 Å². The lowest BCUT2D eigenvalue weighted by Gasteiger charge is -2.04. The highest BCUT2D eigenvalue weighted by molar-refractivity contribution is 7.39. The minimum atomic E-state index is -2.13. The summed E-state index contributed by atoms with van der Waals surface area (Å²) in [4.78, 5) is 16.6. The van der Waals surface area contributed by atoms with E-state index in [1.54, 1.807) is 0 Å². The molecule has 62 valence electrons. The standard InChI is InChI=1S/C6H15O3P/c1-6(2)4-3-5-9-10(7)8/h6-8H,3-5H2,1-2H3. The van der Waals surface area contributed by atoms with Crippen LogP contribution in [0.25, 0.3) is 0 Å². The summed E-state index contributed by atoms with van der Waals surface area (Å²) in [5.41, 5.74) is 0. The molecule has 0 aromatic heterocycles. The van der Waals surface area contributed by atoms with Gasteiger partial charge in [0, 0.05) is 0 Å². The highest BCUT2D eigenvalue weighted by Gasteiger charge is 1.98. The number of hydrogen-bond acceptors (Lipinski definition) is 3. The lowest BCUT2D eigenvalue weighted by Crippen LogP contribution is -1.93. The molecular formula is C6H15O3P. The van der Waals surface area contributed by atoms with Crippen molar-refractivity contribution in [2.45, 2.75) is 26.7 Å². The molecule has 0 aromatic rings. The van der Waals surface area contributed by atoms with E-state index in [9.17, 15) is 0 Å². The third-order valence-electron chi connectivity index (χ3n) is 1.13. The smallest absolute Gasteiger partial charge is 0.327 e. The average Bonchev–Trinajstić information content (AvgIpc) is 1.79. The maximum Gasteiger partial charge on any atom is 0.327 e. The van der Waals surface area contributed by atoms with Crippen molar-refractivity contribution in [3.8, 4) is 0 Å². The van der Waals surface area contributed by atoms with E-state index in [-0.39, 0.29) is 0 Å². The van der Waals surface area contributed by atoms with E-state index in [0.29, 0.717) is 12.5 Å². The van der Waals surface area contributed by atoms with Gasteiger partial charge in [-0.3, -0.25) is 0 Å². The summed E-state index contributed by atoms with van der Waals surface area (Å²) < 4.78 is 4.57. The molecule has 0 aromatic carbocycles. The minimum absolute atomic E-state index is 0.455. The SMILES string of the molecule is CC(C)CCCOP(O)O. The second kappa shape index (κ2) is 6.05. The molecule has 4 heteroatoms. The Bertz CT molecular complexity index is 65.4. The molecule has 0 spiro atoms. The molecule has 0 fully saturated rings. The van der Waals surface area contributed by atoms with E-state index in [1.165, 1.54) is 0 Å². The quantitative estimate of drug-likeness (QED) is 0.482. The normalized spacial score (nSPS) is 11.4. The van der Waals surface area contributed by atoms with Gasteiger partial charge in [0.2, 0.25) is 0 Å². The van der Waals surface area contributed by atoms with Gasteiger partial charge in [0.1, 0.15) is 0 Å². The van der Waals surface area contributed by atoms with Gasteiger partial charge in [-0.1, -0.05) is 13.8 Å². The third-order valence-corrected chi connectivity index (χ3v) is 1.55. The zero-order valence-corrected chi connectivity index (χ0v) is 7.34. The van der Waals surface area contributed by atoms with Crippen molar-refractivity contribution in [1.29, 1.82) is 0 Å². The van der Waals surface area contributed by atoms with Crippen molar-refractivity contribution in [3.63, 3.8) is 0 Å². The molecule has 0 aliphatic rings. The summed E-state index contributed by atoms with van der Waals surface area (Å²) in [7, 11) is -2.13. The van der Waals surface area contributed by atoms with E-state index in [1.807, 2.05) is 0 Å². The van der Waals surface area contributed by atoms with E-state index in [0.717, 1.165) is 12.8 Å². The fourth-order valence-corrected chi connectivity index (χ4v) is 0.930. The highest BCUT2D eigenvalue weighted by Crippen LogP contribution is 2.24. The van der Waals surface area contributed by atoms with Crippen LogP contribution in [0.15, 0.2) is 0 Å². The van der Waals surface area contributed by atoms with Crippen LogP contribution in [-0.2, 0) is 4.52 Å². The van der Waals surface area contributed by atoms with Gasteiger partial charge in [0.05, 0.1) is 6.61 Å². The summed E-state index contributed by atoms with van der Waals surface area (Å²) in [5.74, 6) is 0.659. The second-order valence-corrected chi connectivity index (χ2v) is 3.39. The zero-order valence-electron chi connectivity index (χ0n) is 6.45. The van der Waals surface area contributed by atoms with Crippen molar-refractivity contribution in [3.05, 3.63) is 0 Å². The predicted molar refractivity (Wildman–Crippen MR) is 41.4 cm³/mol. The van der Waals surface area contributed by atoms with Gasteiger partial charge < -0.3 is 14.3 Å². The second-order valence-electron chi connectivity index (χ2n) is 2.62. The zero-order chi connectivity index (χ0) is 7.98. The lowest BCUT2D eigenvalue weighted by atomic mass is 10.1. The van der Waals surface area contributed by atoms with Crippen molar-refractivity contribution < 1.29 is 14.3 Å². The first-order chi connectivity index (χ1) is 4.63. The Hall–Kier alpha value is 0.310. The first-order valence-electron chi connectivity index (χ1n) is 3.43. The summed E-state index contributed by atoms with van der Waals surface area (Å²) in [5, 5.41) is 0. The predicted octanol–water partition coefficient (Wildman–Crippen LogP) is 1.65. The van der Waals surface area contributed by atoms with Gasteiger partial charge in [0.15, 0.2) is 0 Å². The van der Waals surface area contributed by atoms with Gasteiger partial charge in [-0.05, 0) is 18.8 Å². The minimum Gasteiger partial charge on any atom is -0.328 e. The fourth-order valence-electron chi connectivity index (χ4n) is 0.638. The molecule has 0 amide bonds. The van der Waals surface area contributed by atoms with Gasteiger partial charge in [0.25, 0.3) is 0 Å². The topological polar surface area (TPSA) is 49.7 Å². The molecule has 10 heavy (non-hydrogen) atoms. The van der Waals surface area contributed by atoms with E-state index < -0.39 is 8.60 Å². The van der Waals surface area contributed by atoms with Gasteiger partial charge in [-0.15, -0.1) is 0 Å². The Morgan fingerprint density at radius 2 is 2.00 bits per heavy atom. The van der Waals surface area contributed by atoms with Gasteiger partial charge in [-0.25, -0.2) is 0 Å². The largest absolute Gasteiger partial charge is 0.328 e. The van der Waals surface area contributed by atoms with Crippen LogP contribution < -0.4 is 0 Å². The van der Waals surface area contributed by atoms with Crippen molar-refractivity contribution in [2.75, 3.05) is 6.61 Å². The van der Waals surface area contributed by atoms with Crippen molar-refractivity contribution in [2.24, 2.45) is 5.92 Å². The molecular weight excluding hydrogens is 151 g/mol. The molecule has 0 bridgehead atoms. The average molecular weight is 166 g/mol. The molecule has 0 unspecified atom stereocenters. The molecule has 0 aliphatic carbocycles. The summed E-state index contributed by atoms with van der Waals surface area (Å²) in [6.45, 7) is 4.71. The number of hydrogen-bond donors (Lipinski definition) is 2. The summed E-state index contributed by atoms with van der Waals surface area (Å²) in [6, 6.07) is 0. The molecule has 0 atom stereocenters. The van der Waals surface area contributed by atoms with Crippen molar-refractivity contribution in [1.82, 2.24) is 0 Å². The Morgan fingerprint density at radius 1 is 1.40 bits per heavy atom. The van der Waals surface area contributed by atoms with Crippen LogP contribution in [0.3, 0.4) is 0 Å². The highest BCUT2D eigenvalue weighted by atomic mass is 31.2. The van der Waals surface area contributed by atoms with Crippen LogP contribution in [-0.4, -0.2) is 16.4 Å². The number of rotatable bonds is 5. The molecule has 0 saturated heterocycles. The van der Waals surface area contributed by atoms with Crippen LogP contribution in [0.1, 0.15) is 26.7 Å². The maximum absolute atomic E-state index is 8.32. The van der Waals surface area contributed by atoms with Crippen molar-refractivity contribution >= 4 is 8.60 Å². The van der Waals surface area contributed by atoms with Gasteiger partial charge >= 0.3 is 8.60 Å². The molecule has 2 N–H and O–H groups in total. The van der Waals surface area contributed by atoms with Crippen LogP contribution >= 0.6 is 8.60 Å². The molecule has 0 saturated carbocycles. The van der Waals surface area contributed by atoms with E-state index in [4.69, 9.17) is 9.79 Å². The van der Waals surface area contributed by atoms with E-state index >= 15 is 0 Å². The summed E-state index contributed by atoms with van der Waals surface area (Å²) >= 11 is 0. The molecule has 0 radical (unpaired) electrons. The molecule has 0 heterocycles. The molecule has 0 rings (SSSR count). The fraction of sp³-hybridized carbons (Fsp3) is 1.00. The van der Waals surface area contributed by atoms with Crippen LogP contribution in [0.4, 0.5) is 0 Å².